The summed E-state index contributed by atoms with van der Waals surface area (Å²) in [6.45, 7) is 0. The lowest BCUT2D eigenvalue weighted by atomic mass is 10.2. The molecule has 0 saturated heterocycles. The molecule has 4 nitrogen and oxygen atoms in total. The second kappa shape index (κ2) is 10.6. The molecule has 0 spiro atoms. The SMILES string of the molecule is O=C(Nc1ccc(Sc2ccc(NC(=O)c3ccc(Cl)cc3)cc2)cc1)c1ccc(Cl)cc1. The van der Waals surface area contributed by atoms with E-state index in [0.29, 0.717) is 32.5 Å². The van der Waals surface area contributed by atoms with Gasteiger partial charge in [-0.25, -0.2) is 0 Å². The predicted molar refractivity (Wildman–Crippen MR) is 136 cm³/mol. The van der Waals surface area contributed by atoms with Crippen LogP contribution in [0.15, 0.2) is 107 Å². The number of amides is 2. The topological polar surface area (TPSA) is 58.2 Å². The highest BCUT2D eigenvalue weighted by Crippen LogP contribution is 2.29. The lowest BCUT2D eigenvalue weighted by molar-refractivity contribution is 0.101. The highest BCUT2D eigenvalue weighted by molar-refractivity contribution is 7.99. The van der Waals surface area contributed by atoms with E-state index in [1.54, 1.807) is 60.3 Å². The molecule has 0 heterocycles. The van der Waals surface area contributed by atoms with Gasteiger partial charge in [0.25, 0.3) is 11.8 Å². The molecule has 0 unspecified atom stereocenters. The summed E-state index contributed by atoms with van der Waals surface area (Å²) < 4.78 is 0. The Balaban J connectivity index is 1.33. The molecular weight excluding hydrogens is 475 g/mol. The molecule has 4 rings (SSSR count). The van der Waals surface area contributed by atoms with Gasteiger partial charge in [0.05, 0.1) is 0 Å². The van der Waals surface area contributed by atoms with Gasteiger partial charge in [-0.3, -0.25) is 9.59 Å². The number of halogens is 2. The molecule has 0 saturated carbocycles. The first-order valence-corrected chi connectivity index (χ1v) is 11.6. The third kappa shape index (κ3) is 6.39. The maximum absolute atomic E-state index is 12.3. The summed E-state index contributed by atoms with van der Waals surface area (Å²) in [7, 11) is 0. The van der Waals surface area contributed by atoms with Crippen molar-refractivity contribution in [2.45, 2.75) is 9.79 Å². The van der Waals surface area contributed by atoms with Gasteiger partial charge in [0.1, 0.15) is 0 Å². The minimum Gasteiger partial charge on any atom is -0.322 e. The van der Waals surface area contributed by atoms with Gasteiger partial charge < -0.3 is 10.6 Å². The Labute approximate surface area is 205 Å². The van der Waals surface area contributed by atoms with Crippen LogP contribution in [0.2, 0.25) is 10.0 Å². The van der Waals surface area contributed by atoms with Crippen molar-refractivity contribution >= 4 is 58.2 Å². The number of hydrogen-bond acceptors (Lipinski definition) is 3. The van der Waals surface area contributed by atoms with Crippen LogP contribution in [0.25, 0.3) is 0 Å². The summed E-state index contributed by atoms with van der Waals surface area (Å²) in [5, 5.41) is 6.92. The zero-order valence-corrected chi connectivity index (χ0v) is 19.5. The van der Waals surface area contributed by atoms with Crippen molar-refractivity contribution in [3.05, 3.63) is 118 Å². The van der Waals surface area contributed by atoms with Gasteiger partial charge in [-0.05, 0) is 97.1 Å². The third-order valence-corrected chi connectivity index (χ3v) is 6.19. The Bertz CT molecular complexity index is 1160. The molecular formula is C26H18Cl2N2O2S. The summed E-state index contributed by atoms with van der Waals surface area (Å²) in [5.41, 5.74) is 2.50. The number of carbonyl (C=O) groups is 2. The van der Waals surface area contributed by atoms with Gasteiger partial charge in [-0.1, -0.05) is 35.0 Å². The average Bonchev–Trinajstić information content (AvgIpc) is 2.82. The highest BCUT2D eigenvalue weighted by Gasteiger charge is 2.08. The molecule has 0 radical (unpaired) electrons. The van der Waals surface area contributed by atoms with E-state index in [0.717, 1.165) is 9.79 Å². The first kappa shape index (κ1) is 22.9. The summed E-state index contributed by atoms with van der Waals surface area (Å²) >= 11 is 13.3. The summed E-state index contributed by atoms with van der Waals surface area (Å²) in [4.78, 5) is 26.7. The standard InChI is InChI=1S/C26H18Cl2N2O2S/c27-19-5-1-17(2-6-19)25(31)29-21-9-13-23(14-10-21)33-24-15-11-22(12-16-24)30-26(32)18-3-7-20(28)8-4-18/h1-16H,(H,29,31)(H,30,32). The van der Waals surface area contributed by atoms with Crippen LogP contribution in [0.1, 0.15) is 20.7 Å². The van der Waals surface area contributed by atoms with Gasteiger partial charge in [0.2, 0.25) is 0 Å². The van der Waals surface area contributed by atoms with Crippen molar-refractivity contribution in [1.82, 2.24) is 0 Å². The molecule has 0 aromatic heterocycles. The molecule has 4 aromatic rings. The van der Waals surface area contributed by atoms with Crippen molar-refractivity contribution in [3.63, 3.8) is 0 Å². The van der Waals surface area contributed by atoms with Crippen molar-refractivity contribution in [2.75, 3.05) is 10.6 Å². The van der Waals surface area contributed by atoms with E-state index in [-0.39, 0.29) is 11.8 Å². The number of benzene rings is 4. The first-order chi connectivity index (χ1) is 16.0. The Morgan fingerprint density at radius 3 is 1.18 bits per heavy atom. The van der Waals surface area contributed by atoms with Crippen LogP contribution in [0.4, 0.5) is 11.4 Å². The van der Waals surface area contributed by atoms with Gasteiger partial charge in [0, 0.05) is 42.3 Å². The Morgan fingerprint density at radius 1 is 0.515 bits per heavy atom. The second-order valence-corrected chi connectivity index (χ2v) is 9.09. The molecule has 0 aliphatic rings. The Kier molecular flexibility index (Phi) is 7.35. The van der Waals surface area contributed by atoms with Gasteiger partial charge >= 0.3 is 0 Å². The van der Waals surface area contributed by atoms with Crippen LogP contribution in [0.3, 0.4) is 0 Å². The van der Waals surface area contributed by atoms with Crippen LogP contribution in [0, 0.1) is 0 Å². The molecule has 4 aromatic carbocycles. The number of rotatable bonds is 6. The van der Waals surface area contributed by atoms with E-state index < -0.39 is 0 Å². The molecule has 0 aliphatic carbocycles. The molecule has 0 fully saturated rings. The molecule has 33 heavy (non-hydrogen) atoms. The summed E-state index contributed by atoms with van der Waals surface area (Å²) in [5.74, 6) is -0.383. The molecule has 0 aliphatic heterocycles. The van der Waals surface area contributed by atoms with Crippen molar-refractivity contribution in [2.24, 2.45) is 0 Å². The molecule has 0 atom stereocenters. The van der Waals surface area contributed by atoms with Gasteiger partial charge in [-0.15, -0.1) is 0 Å². The van der Waals surface area contributed by atoms with Crippen LogP contribution >= 0.6 is 35.0 Å². The summed E-state index contributed by atoms with van der Waals surface area (Å²) in [6.07, 6.45) is 0. The average molecular weight is 493 g/mol. The normalized spacial score (nSPS) is 10.5. The van der Waals surface area contributed by atoms with Crippen molar-refractivity contribution in [3.8, 4) is 0 Å². The van der Waals surface area contributed by atoms with Crippen molar-refractivity contribution in [1.29, 1.82) is 0 Å². The zero-order chi connectivity index (χ0) is 23.2. The fourth-order valence-electron chi connectivity index (χ4n) is 2.96. The fraction of sp³-hybridized carbons (Fsp3) is 0. The molecule has 2 amide bonds. The van der Waals surface area contributed by atoms with Crippen LogP contribution in [0.5, 0.6) is 0 Å². The Morgan fingerprint density at radius 2 is 0.848 bits per heavy atom. The molecule has 0 bridgehead atoms. The largest absolute Gasteiger partial charge is 0.322 e. The predicted octanol–water partition coefficient (Wildman–Crippen LogP) is 7.65. The van der Waals surface area contributed by atoms with Crippen LogP contribution < -0.4 is 10.6 Å². The van der Waals surface area contributed by atoms with Crippen molar-refractivity contribution < 1.29 is 9.59 Å². The first-order valence-electron chi connectivity index (χ1n) is 9.98. The lowest BCUT2D eigenvalue weighted by Gasteiger charge is -2.08. The van der Waals surface area contributed by atoms with E-state index >= 15 is 0 Å². The van der Waals surface area contributed by atoms with Gasteiger partial charge in [0.15, 0.2) is 0 Å². The quantitative estimate of drug-likeness (QED) is 0.290. The number of carbonyl (C=O) groups excluding carboxylic acids is 2. The maximum atomic E-state index is 12.3. The minimum absolute atomic E-state index is 0.191. The summed E-state index contributed by atoms with van der Waals surface area (Å²) in [6, 6.07) is 28.7. The molecule has 2 N–H and O–H groups in total. The smallest absolute Gasteiger partial charge is 0.255 e. The lowest BCUT2D eigenvalue weighted by Crippen LogP contribution is -2.11. The van der Waals surface area contributed by atoms with E-state index in [9.17, 15) is 9.59 Å². The maximum Gasteiger partial charge on any atom is 0.255 e. The molecule has 164 valence electrons. The Hall–Kier alpha value is -3.25. The van der Waals surface area contributed by atoms with E-state index in [2.05, 4.69) is 10.6 Å². The number of anilines is 2. The van der Waals surface area contributed by atoms with E-state index in [4.69, 9.17) is 23.2 Å². The fourth-order valence-corrected chi connectivity index (χ4v) is 4.03. The molecule has 7 heteroatoms. The number of nitrogens with one attached hydrogen (secondary N) is 2. The van der Waals surface area contributed by atoms with Crippen LogP contribution in [-0.2, 0) is 0 Å². The van der Waals surface area contributed by atoms with E-state index in [1.165, 1.54) is 0 Å². The monoisotopic (exact) mass is 492 g/mol. The second-order valence-electron chi connectivity index (χ2n) is 7.07. The van der Waals surface area contributed by atoms with Gasteiger partial charge in [-0.2, -0.15) is 0 Å². The minimum atomic E-state index is -0.191. The third-order valence-electron chi connectivity index (χ3n) is 4.67. The zero-order valence-electron chi connectivity index (χ0n) is 17.2. The van der Waals surface area contributed by atoms with E-state index in [1.807, 2.05) is 48.5 Å². The number of hydrogen-bond donors (Lipinski definition) is 2. The van der Waals surface area contributed by atoms with Crippen LogP contribution in [-0.4, -0.2) is 11.8 Å². The highest BCUT2D eigenvalue weighted by atomic mass is 35.5.